The van der Waals surface area contributed by atoms with E-state index in [9.17, 15) is 0 Å². The van der Waals surface area contributed by atoms with Crippen molar-refractivity contribution in [1.29, 1.82) is 0 Å². The van der Waals surface area contributed by atoms with Crippen LogP contribution in [0.2, 0.25) is 0 Å². The summed E-state index contributed by atoms with van der Waals surface area (Å²) in [6, 6.07) is 5.98. The van der Waals surface area contributed by atoms with Crippen molar-refractivity contribution in [3.8, 4) is 5.75 Å². The van der Waals surface area contributed by atoms with Crippen LogP contribution in [0.3, 0.4) is 0 Å². The molecule has 1 rings (SSSR count). The summed E-state index contributed by atoms with van der Waals surface area (Å²) in [5, 5.41) is 0. The van der Waals surface area contributed by atoms with Crippen LogP contribution >= 0.6 is 0 Å². The van der Waals surface area contributed by atoms with Gasteiger partial charge in [0.05, 0.1) is 6.61 Å². The third-order valence-electron chi connectivity index (χ3n) is 2.27. The van der Waals surface area contributed by atoms with Gasteiger partial charge in [-0.15, -0.1) is 6.58 Å². The summed E-state index contributed by atoms with van der Waals surface area (Å²) in [7, 11) is 0. The number of benzene rings is 1. The SMILES string of the molecule is [CH2]C(C=C)c1cccc(C=C)c1OCC. The minimum absolute atomic E-state index is 0.0476. The second-order valence-electron chi connectivity index (χ2n) is 3.24. The van der Waals surface area contributed by atoms with Gasteiger partial charge in [0.1, 0.15) is 5.75 Å². The van der Waals surface area contributed by atoms with Crippen LogP contribution in [0.4, 0.5) is 0 Å². The van der Waals surface area contributed by atoms with Crippen LogP contribution in [0.15, 0.2) is 37.4 Å². The third-order valence-corrected chi connectivity index (χ3v) is 2.27. The van der Waals surface area contributed by atoms with Crippen molar-refractivity contribution < 1.29 is 4.74 Å². The van der Waals surface area contributed by atoms with Gasteiger partial charge < -0.3 is 4.74 Å². The smallest absolute Gasteiger partial charge is 0.130 e. The Balaban J connectivity index is 3.23. The van der Waals surface area contributed by atoms with Gasteiger partial charge in [-0.1, -0.05) is 36.9 Å². The van der Waals surface area contributed by atoms with Crippen molar-refractivity contribution in [2.24, 2.45) is 0 Å². The normalized spacial score (nSPS) is 11.9. The van der Waals surface area contributed by atoms with Crippen LogP contribution < -0.4 is 4.74 Å². The number of ether oxygens (including phenoxy) is 1. The van der Waals surface area contributed by atoms with E-state index in [0.717, 1.165) is 16.9 Å². The molecule has 1 heteroatoms. The van der Waals surface area contributed by atoms with Crippen LogP contribution in [0, 0.1) is 6.92 Å². The molecule has 1 aromatic carbocycles. The van der Waals surface area contributed by atoms with E-state index in [1.807, 2.05) is 31.2 Å². The first kappa shape index (κ1) is 11.6. The molecule has 0 bridgehead atoms. The van der Waals surface area contributed by atoms with Gasteiger partial charge >= 0.3 is 0 Å². The lowest BCUT2D eigenvalue weighted by Gasteiger charge is -2.15. The van der Waals surface area contributed by atoms with Crippen LogP contribution in [-0.2, 0) is 0 Å². The predicted octanol–water partition coefficient (Wildman–Crippen LogP) is 3.83. The van der Waals surface area contributed by atoms with E-state index in [-0.39, 0.29) is 5.92 Å². The van der Waals surface area contributed by atoms with Crippen molar-refractivity contribution >= 4 is 6.08 Å². The maximum absolute atomic E-state index is 5.62. The molecular weight excluding hydrogens is 184 g/mol. The highest BCUT2D eigenvalue weighted by Crippen LogP contribution is 2.31. The highest BCUT2D eigenvalue weighted by Gasteiger charge is 2.11. The Hall–Kier alpha value is -1.50. The van der Waals surface area contributed by atoms with Gasteiger partial charge in [0.15, 0.2) is 0 Å². The van der Waals surface area contributed by atoms with Crippen LogP contribution in [0.5, 0.6) is 5.75 Å². The molecule has 0 N–H and O–H groups in total. The molecule has 0 heterocycles. The minimum Gasteiger partial charge on any atom is -0.493 e. The van der Waals surface area contributed by atoms with E-state index in [4.69, 9.17) is 4.74 Å². The fraction of sp³-hybridized carbons (Fsp3) is 0.214. The molecule has 15 heavy (non-hydrogen) atoms. The monoisotopic (exact) mass is 201 g/mol. The quantitative estimate of drug-likeness (QED) is 0.658. The predicted molar refractivity (Wildman–Crippen MR) is 66.0 cm³/mol. The Morgan fingerprint density at radius 1 is 1.40 bits per heavy atom. The molecule has 1 atom stereocenters. The summed E-state index contributed by atoms with van der Waals surface area (Å²) in [5.74, 6) is 0.918. The zero-order valence-corrected chi connectivity index (χ0v) is 9.20. The Morgan fingerprint density at radius 3 is 2.67 bits per heavy atom. The molecule has 0 fully saturated rings. The highest BCUT2D eigenvalue weighted by atomic mass is 16.5. The number of hydrogen-bond donors (Lipinski definition) is 0. The molecule has 0 aliphatic rings. The first-order valence-corrected chi connectivity index (χ1v) is 5.08. The summed E-state index contributed by atoms with van der Waals surface area (Å²) in [6.45, 7) is 14.1. The molecule has 0 aromatic heterocycles. The van der Waals surface area contributed by atoms with Crippen molar-refractivity contribution in [2.45, 2.75) is 12.8 Å². The largest absolute Gasteiger partial charge is 0.493 e. The molecule has 1 nitrogen and oxygen atoms in total. The topological polar surface area (TPSA) is 9.23 Å². The van der Waals surface area contributed by atoms with Crippen molar-refractivity contribution in [2.75, 3.05) is 6.61 Å². The average Bonchev–Trinajstić information content (AvgIpc) is 2.28. The molecule has 1 aromatic rings. The second kappa shape index (κ2) is 5.40. The Kier molecular flexibility index (Phi) is 4.17. The van der Waals surface area contributed by atoms with Gasteiger partial charge in [-0.3, -0.25) is 0 Å². The molecule has 0 aliphatic heterocycles. The van der Waals surface area contributed by atoms with Crippen LogP contribution in [-0.4, -0.2) is 6.61 Å². The Labute approximate surface area is 92.1 Å². The first-order chi connectivity index (χ1) is 7.24. The standard InChI is InChI=1S/C14H17O/c1-5-11(4)13-10-8-9-12(6-2)14(13)15-7-3/h5-6,8-11H,1-2,4,7H2,3H3. The van der Waals surface area contributed by atoms with E-state index < -0.39 is 0 Å². The van der Waals surface area contributed by atoms with Gasteiger partial charge in [-0.25, -0.2) is 0 Å². The van der Waals surface area contributed by atoms with Gasteiger partial charge in [0, 0.05) is 17.0 Å². The maximum Gasteiger partial charge on any atom is 0.130 e. The Morgan fingerprint density at radius 2 is 2.13 bits per heavy atom. The average molecular weight is 201 g/mol. The summed E-state index contributed by atoms with van der Waals surface area (Å²) in [6.07, 6.45) is 3.61. The van der Waals surface area contributed by atoms with Gasteiger partial charge in [-0.05, 0) is 13.8 Å². The van der Waals surface area contributed by atoms with Crippen molar-refractivity contribution in [3.63, 3.8) is 0 Å². The summed E-state index contributed by atoms with van der Waals surface area (Å²) < 4.78 is 5.62. The lowest BCUT2D eigenvalue weighted by Crippen LogP contribution is -2.00. The molecule has 0 saturated heterocycles. The molecule has 1 radical (unpaired) electrons. The molecule has 1 unspecified atom stereocenters. The van der Waals surface area contributed by atoms with E-state index in [1.165, 1.54) is 0 Å². The molecular formula is C14H17O. The van der Waals surface area contributed by atoms with E-state index >= 15 is 0 Å². The lowest BCUT2D eigenvalue weighted by molar-refractivity contribution is 0.335. The summed E-state index contributed by atoms with van der Waals surface area (Å²) in [4.78, 5) is 0. The third kappa shape index (κ3) is 2.50. The number of hydrogen-bond acceptors (Lipinski definition) is 1. The zero-order valence-electron chi connectivity index (χ0n) is 9.20. The Bertz CT molecular complexity index is 352. The summed E-state index contributed by atoms with van der Waals surface area (Å²) >= 11 is 0. The number of rotatable bonds is 5. The van der Waals surface area contributed by atoms with Crippen LogP contribution in [0.1, 0.15) is 24.0 Å². The van der Waals surface area contributed by atoms with Crippen LogP contribution in [0.25, 0.3) is 6.08 Å². The van der Waals surface area contributed by atoms with Crippen molar-refractivity contribution in [3.05, 3.63) is 55.5 Å². The van der Waals surface area contributed by atoms with Crippen molar-refractivity contribution in [1.82, 2.24) is 0 Å². The van der Waals surface area contributed by atoms with Gasteiger partial charge in [0.2, 0.25) is 0 Å². The molecule has 0 spiro atoms. The summed E-state index contributed by atoms with van der Waals surface area (Å²) in [5.41, 5.74) is 2.06. The minimum atomic E-state index is 0.0476. The molecule has 79 valence electrons. The van der Waals surface area contributed by atoms with Gasteiger partial charge in [-0.2, -0.15) is 0 Å². The maximum atomic E-state index is 5.62. The zero-order chi connectivity index (χ0) is 11.3. The highest BCUT2D eigenvalue weighted by molar-refractivity contribution is 5.59. The molecule has 0 saturated carbocycles. The second-order valence-corrected chi connectivity index (χ2v) is 3.24. The number of allylic oxidation sites excluding steroid dienone is 1. The number of para-hydroxylation sites is 1. The lowest BCUT2D eigenvalue weighted by atomic mass is 9.97. The van der Waals surface area contributed by atoms with Gasteiger partial charge in [0.25, 0.3) is 0 Å². The first-order valence-electron chi connectivity index (χ1n) is 5.08. The van der Waals surface area contributed by atoms with E-state index in [2.05, 4.69) is 20.1 Å². The van der Waals surface area contributed by atoms with E-state index in [0.29, 0.717) is 6.61 Å². The fourth-order valence-electron chi connectivity index (χ4n) is 1.46. The fourth-order valence-corrected chi connectivity index (χ4v) is 1.46. The van der Waals surface area contributed by atoms with E-state index in [1.54, 1.807) is 6.08 Å². The molecule has 0 aliphatic carbocycles. The molecule has 0 amide bonds.